The summed E-state index contributed by atoms with van der Waals surface area (Å²) < 4.78 is 2.21. The third-order valence-corrected chi connectivity index (χ3v) is 3.79. The van der Waals surface area contributed by atoms with Gasteiger partial charge in [0.2, 0.25) is 0 Å². The van der Waals surface area contributed by atoms with Crippen molar-refractivity contribution in [1.29, 1.82) is 0 Å². The van der Waals surface area contributed by atoms with Crippen LogP contribution in [0.1, 0.15) is 50.1 Å². The van der Waals surface area contributed by atoms with Crippen LogP contribution >= 0.6 is 0 Å². The molecular formula is C18H27N3. The summed E-state index contributed by atoms with van der Waals surface area (Å²) in [6.45, 7) is 9.60. The van der Waals surface area contributed by atoms with Crippen LogP contribution in [0.4, 0.5) is 5.82 Å². The first-order chi connectivity index (χ1) is 10.1. The normalized spacial score (nSPS) is 11.0. The Labute approximate surface area is 128 Å². The molecule has 1 heterocycles. The maximum atomic E-state index is 6.41. The van der Waals surface area contributed by atoms with Crippen LogP contribution in [0.15, 0.2) is 18.2 Å². The van der Waals surface area contributed by atoms with Gasteiger partial charge in [0.25, 0.3) is 0 Å². The average molecular weight is 285 g/mol. The van der Waals surface area contributed by atoms with Crippen LogP contribution in [0.3, 0.4) is 0 Å². The van der Waals surface area contributed by atoms with Crippen molar-refractivity contribution in [2.75, 3.05) is 5.73 Å². The van der Waals surface area contributed by atoms with Gasteiger partial charge >= 0.3 is 0 Å². The Hall–Kier alpha value is -1.77. The van der Waals surface area contributed by atoms with E-state index >= 15 is 0 Å². The van der Waals surface area contributed by atoms with Gasteiger partial charge in [-0.3, -0.25) is 0 Å². The summed E-state index contributed by atoms with van der Waals surface area (Å²) in [5, 5.41) is 0. The molecule has 0 atom stereocenters. The smallest absolute Gasteiger partial charge is 0.131 e. The van der Waals surface area contributed by atoms with Crippen LogP contribution < -0.4 is 5.73 Å². The number of imidazole rings is 1. The van der Waals surface area contributed by atoms with Gasteiger partial charge in [-0.1, -0.05) is 37.5 Å². The van der Waals surface area contributed by atoms with Gasteiger partial charge in [-0.15, -0.1) is 0 Å². The summed E-state index contributed by atoms with van der Waals surface area (Å²) in [5.41, 5.74) is 11.0. The molecule has 0 fully saturated rings. The largest absolute Gasteiger partial charge is 0.383 e. The zero-order valence-electron chi connectivity index (χ0n) is 13.7. The van der Waals surface area contributed by atoms with Gasteiger partial charge in [0.05, 0.1) is 0 Å². The number of aryl methyl sites for hydroxylation is 3. The predicted molar refractivity (Wildman–Crippen MR) is 90.5 cm³/mol. The van der Waals surface area contributed by atoms with E-state index in [1.807, 2.05) is 0 Å². The van der Waals surface area contributed by atoms with E-state index in [1.165, 1.54) is 17.5 Å². The fourth-order valence-corrected chi connectivity index (χ4v) is 2.82. The number of benzene rings is 1. The van der Waals surface area contributed by atoms with E-state index in [0.717, 1.165) is 48.7 Å². The van der Waals surface area contributed by atoms with Gasteiger partial charge in [-0.2, -0.15) is 0 Å². The van der Waals surface area contributed by atoms with Gasteiger partial charge in [0, 0.05) is 18.5 Å². The van der Waals surface area contributed by atoms with Gasteiger partial charge in [0.15, 0.2) is 0 Å². The van der Waals surface area contributed by atoms with Crippen LogP contribution in [0.5, 0.6) is 0 Å². The van der Waals surface area contributed by atoms with Crippen molar-refractivity contribution in [3.05, 3.63) is 35.2 Å². The van der Waals surface area contributed by atoms with E-state index < -0.39 is 0 Å². The van der Waals surface area contributed by atoms with Gasteiger partial charge in [0.1, 0.15) is 17.3 Å². The molecule has 2 rings (SSSR count). The number of nitrogens with zero attached hydrogens (tertiary/aromatic N) is 2. The molecule has 2 aromatic rings. The Morgan fingerprint density at radius 2 is 1.71 bits per heavy atom. The predicted octanol–water partition coefficient (Wildman–Crippen LogP) is 4.50. The highest BCUT2D eigenvalue weighted by Crippen LogP contribution is 2.29. The number of rotatable bonds is 6. The van der Waals surface area contributed by atoms with Crippen LogP contribution in [0.2, 0.25) is 0 Å². The Morgan fingerprint density at radius 1 is 1.05 bits per heavy atom. The summed E-state index contributed by atoms with van der Waals surface area (Å²) in [6, 6.07) is 6.53. The fraction of sp³-hybridized carbons (Fsp3) is 0.500. The summed E-state index contributed by atoms with van der Waals surface area (Å²) >= 11 is 0. The maximum Gasteiger partial charge on any atom is 0.131 e. The third-order valence-electron chi connectivity index (χ3n) is 3.79. The molecule has 0 aliphatic rings. The molecule has 3 heteroatoms. The Bertz CT molecular complexity index is 591. The molecule has 2 N–H and O–H groups in total. The Balaban J connectivity index is 2.48. The molecular weight excluding hydrogens is 258 g/mol. The highest BCUT2D eigenvalue weighted by Gasteiger charge is 2.15. The monoisotopic (exact) mass is 285 g/mol. The van der Waals surface area contributed by atoms with Crippen molar-refractivity contribution in [1.82, 2.24) is 9.55 Å². The molecule has 0 saturated heterocycles. The van der Waals surface area contributed by atoms with E-state index in [4.69, 9.17) is 10.7 Å². The summed E-state index contributed by atoms with van der Waals surface area (Å²) in [5.74, 6) is 1.94. The fourth-order valence-electron chi connectivity index (χ4n) is 2.82. The lowest BCUT2D eigenvalue weighted by molar-refractivity contribution is 0.604. The van der Waals surface area contributed by atoms with E-state index in [0.29, 0.717) is 0 Å². The van der Waals surface area contributed by atoms with E-state index in [1.54, 1.807) is 0 Å². The number of hydrogen-bond donors (Lipinski definition) is 1. The van der Waals surface area contributed by atoms with Crippen LogP contribution in [-0.2, 0) is 13.0 Å². The zero-order chi connectivity index (χ0) is 15.4. The molecule has 114 valence electrons. The number of nitrogen functional groups attached to an aromatic ring is 1. The number of unbranched alkanes of at least 4 members (excludes halogenated alkanes) is 1. The standard InChI is InChI=1S/C18H27N3/c1-5-7-9-21-16(8-6-2)20-17(18(21)19)15-11-13(3)10-14(4)12-15/h10-12H,5-9,19H2,1-4H3. The maximum absolute atomic E-state index is 6.41. The van der Waals surface area contributed by atoms with Crippen molar-refractivity contribution >= 4 is 5.82 Å². The molecule has 0 spiro atoms. The summed E-state index contributed by atoms with van der Waals surface area (Å²) in [7, 11) is 0. The third kappa shape index (κ3) is 3.46. The minimum absolute atomic E-state index is 0.817. The molecule has 0 unspecified atom stereocenters. The van der Waals surface area contributed by atoms with Crippen molar-refractivity contribution in [2.45, 2.75) is 59.9 Å². The first kappa shape index (κ1) is 15.6. The van der Waals surface area contributed by atoms with Crippen molar-refractivity contribution in [3.8, 4) is 11.3 Å². The second-order valence-electron chi connectivity index (χ2n) is 5.89. The van der Waals surface area contributed by atoms with Crippen LogP contribution in [0.25, 0.3) is 11.3 Å². The summed E-state index contributed by atoms with van der Waals surface area (Å²) in [4.78, 5) is 4.84. The highest BCUT2D eigenvalue weighted by molar-refractivity contribution is 5.72. The minimum Gasteiger partial charge on any atom is -0.383 e. The quantitative estimate of drug-likeness (QED) is 0.849. The molecule has 0 aliphatic heterocycles. The number of hydrogen-bond acceptors (Lipinski definition) is 2. The van der Waals surface area contributed by atoms with Crippen molar-refractivity contribution in [2.24, 2.45) is 0 Å². The zero-order valence-corrected chi connectivity index (χ0v) is 13.7. The lowest BCUT2D eigenvalue weighted by Gasteiger charge is -2.08. The number of aromatic nitrogens is 2. The second-order valence-corrected chi connectivity index (χ2v) is 5.89. The molecule has 3 nitrogen and oxygen atoms in total. The molecule has 0 radical (unpaired) electrons. The molecule has 1 aromatic heterocycles. The topological polar surface area (TPSA) is 43.8 Å². The van der Waals surface area contributed by atoms with E-state index in [-0.39, 0.29) is 0 Å². The summed E-state index contributed by atoms with van der Waals surface area (Å²) in [6.07, 6.45) is 4.39. The van der Waals surface area contributed by atoms with Gasteiger partial charge in [-0.05, 0) is 38.8 Å². The van der Waals surface area contributed by atoms with Crippen LogP contribution in [0, 0.1) is 13.8 Å². The van der Waals surface area contributed by atoms with Gasteiger partial charge in [-0.25, -0.2) is 4.98 Å². The Kier molecular flexibility index (Phi) is 5.05. The molecule has 0 bridgehead atoms. The van der Waals surface area contributed by atoms with Crippen molar-refractivity contribution in [3.63, 3.8) is 0 Å². The average Bonchev–Trinajstić information content (AvgIpc) is 2.73. The SMILES string of the molecule is CCCCn1c(CCC)nc(-c2cc(C)cc(C)c2)c1N. The van der Waals surface area contributed by atoms with Gasteiger partial charge < -0.3 is 10.3 Å². The molecule has 0 aliphatic carbocycles. The first-order valence-corrected chi connectivity index (χ1v) is 8.00. The first-order valence-electron chi connectivity index (χ1n) is 8.00. The molecule has 21 heavy (non-hydrogen) atoms. The number of anilines is 1. The van der Waals surface area contributed by atoms with E-state index in [2.05, 4.69) is 50.5 Å². The highest BCUT2D eigenvalue weighted by atomic mass is 15.1. The second kappa shape index (κ2) is 6.79. The van der Waals surface area contributed by atoms with E-state index in [9.17, 15) is 0 Å². The van der Waals surface area contributed by atoms with Crippen LogP contribution in [-0.4, -0.2) is 9.55 Å². The lowest BCUT2D eigenvalue weighted by Crippen LogP contribution is -2.07. The molecule has 0 saturated carbocycles. The molecule has 0 amide bonds. The molecule has 1 aromatic carbocycles. The Morgan fingerprint density at radius 3 is 2.29 bits per heavy atom. The number of nitrogens with two attached hydrogens (primary N) is 1. The minimum atomic E-state index is 0.817. The van der Waals surface area contributed by atoms with Crippen molar-refractivity contribution < 1.29 is 0 Å². The lowest BCUT2D eigenvalue weighted by atomic mass is 10.1.